The highest BCUT2D eigenvalue weighted by Crippen LogP contribution is 2.40. The lowest BCUT2D eigenvalue weighted by molar-refractivity contribution is -0.148. The van der Waals surface area contributed by atoms with E-state index in [2.05, 4.69) is 4.98 Å². The van der Waals surface area contributed by atoms with E-state index >= 15 is 0 Å². The van der Waals surface area contributed by atoms with Gasteiger partial charge in [-0.05, 0) is 50.2 Å². The van der Waals surface area contributed by atoms with Gasteiger partial charge in [-0.15, -0.1) is 0 Å². The second-order valence-corrected chi connectivity index (χ2v) is 7.53. The molecule has 1 aromatic rings. The standard InChI is InChI=1S/C20H29N3O3/c1-3-26-16(2)19(25)22-11-8-20(9-12-22)7-6-18(24)23(15-20)14-17-5-4-10-21-13-17/h4-5,10,13,16H,3,6-9,11-12,14-15H2,1-2H3/t16-/m0/s1. The number of hydrogen-bond acceptors (Lipinski definition) is 4. The van der Waals surface area contributed by atoms with E-state index in [1.807, 2.05) is 42.0 Å². The number of carbonyl (C=O) groups is 2. The number of rotatable bonds is 5. The van der Waals surface area contributed by atoms with Gasteiger partial charge in [-0.2, -0.15) is 0 Å². The van der Waals surface area contributed by atoms with Gasteiger partial charge < -0.3 is 14.5 Å². The molecule has 2 aliphatic rings. The first-order chi connectivity index (χ1) is 12.5. The van der Waals surface area contributed by atoms with Crippen molar-refractivity contribution in [1.29, 1.82) is 0 Å². The molecule has 3 rings (SSSR count). The van der Waals surface area contributed by atoms with Crippen LogP contribution in [0.15, 0.2) is 24.5 Å². The summed E-state index contributed by atoms with van der Waals surface area (Å²) >= 11 is 0. The highest BCUT2D eigenvalue weighted by atomic mass is 16.5. The van der Waals surface area contributed by atoms with Gasteiger partial charge in [-0.3, -0.25) is 14.6 Å². The van der Waals surface area contributed by atoms with Crippen LogP contribution in [0, 0.1) is 5.41 Å². The maximum absolute atomic E-state index is 12.4. The second-order valence-electron chi connectivity index (χ2n) is 7.53. The molecule has 0 aromatic carbocycles. The Bertz CT molecular complexity index is 626. The summed E-state index contributed by atoms with van der Waals surface area (Å²) in [5.41, 5.74) is 1.21. The van der Waals surface area contributed by atoms with Gasteiger partial charge >= 0.3 is 0 Å². The Hall–Kier alpha value is -1.95. The van der Waals surface area contributed by atoms with Gasteiger partial charge in [0.2, 0.25) is 5.91 Å². The van der Waals surface area contributed by atoms with Crippen molar-refractivity contribution in [2.45, 2.75) is 52.2 Å². The summed E-state index contributed by atoms with van der Waals surface area (Å²) in [4.78, 5) is 32.9. The largest absolute Gasteiger partial charge is 0.369 e. The van der Waals surface area contributed by atoms with E-state index < -0.39 is 0 Å². The lowest BCUT2D eigenvalue weighted by Gasteiger charge is -2.47. The van der Waals surface area contributed by atoms with Crippen molar-refractivity contribution in [2.24, 2.45) is 5.41 Å². The van der Waals surface area contributed by atoms with E-state index in [1.165, 1.54) is 0 Å². The highest BCUT2D eigenvalue weighted by molar-refractivity contribution is 5.80. The van der Waals surface area contributed by atoms with E-state index in [0.717, 1.165) is 44.5 Å². The molecule has 2 saturated heterocycles. The second kappa shape index (κ2) is 8.16. The van der Waals surface area contributed by atoms with Gasteiger partial charge in [-0.1, -0.05) is 6.07 Å². The quantitative estimate of drug-likeness (QED) is 0.809. The zero-order valence-corrected chi connectivity index (χ0v) is 15.8. The molecule has 26 heavy (non-hydrogen) atoms. The van der Waals surface area contributed by atoms with Gasteiger partial charge in [0.05, 0.1) is 0 Å². The van der Waals surface area contributed by atoms with Crippen molar-refractivity contribution >= 4 is 11.8 Å². The fourth-order valence-corrected chi connectivity index (χ4v) is 4.15. The van der Waals surface area contributed by atoms with Crippen LogP contribution in [0.1, 0.15) is 45.1 Å². The zero-order chi connectivity index (χ0) is 18.6. The maximum atomic E-state index is 12.4. The Kier molecular flexibility index (Phi) is 5.91. The number of pyridine rings is 1. The molecule has 2 fully saturated rings. The first-order valence-electron chi connectivity index (χ1n) is 9.60. The van der Waals surface area contributed by atoms with E-state index in [9.17, 15) is 9.59 Å². The molecule has 0 radical (unpaired) electrons. The third-order valence-electron chi connectivity index (χ3n) is 5.74. The summed E-state index contributed by atoms with van der Waals surface area (Å²) in [5, 5.41) is 0. The van der Waals surface area contributed by atoms with Crippen molar-refractivity contribution < 1.29 is 14.3 Å². The van der Waals surface area contributed by atoms with Crippen LogP contribution in [-0.4, -0.2) is 58.9 Å². The number of piperidine rings is 2. The predicted molar refractivity (Wildman–Crippen MR) is 98.2 cm³/mol. The molecule has 0 N–H and O–H groups in total. The zero-order valence-electron chi connectivity index (χ0n) is 15.8. The fraction of sp³-hybridized carbons (Fsp3) is 0.650. The first kappa shape index (κ1) is 18.8. The molecular formula is C20H29N3O3. The Morgan fingerprint density at radius 2 is 2.12 bits per heavy atom. The molecule has 0 saturated carbocycles. The molecule has 0 unspecified atom stereocenters. The molecule has 142 valence electrons. The smallest absolute Gasteiger partial charge is 0.251 e. The van der Waals surface area contributed by atoms with Crippen LogP contribution < -0.4 is 0 Å². The number of ether oxygens (including phenoxy) is 1. The molecule has 6 heteroatoms. The molecule has 0 aliphatic carbocycles. The average Bonchev–Trinajstić information content (AvgIpc) is 2.66. The van der Waals surface area contributed by atoms with Crippen LogP contribution in [0.2, 0.25) is 0 Å². The number of carbonyl (C=O) groups excluding carboxylic acids is 2. The Balaban J connectivity index is 1.59. The summed E-state index contributed by atoms with van der Waals surface area (Å²) in [6.07, 6.45) is 6.64. The van der Waals surface area contributed by atoms with Crippen LogP contribution in [0.5, 0.6) is 0 Å². The van der Waals surface area contributed by atoms with Crippen LogP contribution in [-0.2, 0) is 20.9 Å². The Morgan fingerprint density at radius 3 is 2.77 bits per heavy atom. The van der Waals surface area contributed by atoms with Crippen LogP contribution >= 0.6 is 0 Å². The summed E-state index contributed by atoms with van der Waals surface area (Å²) in [5.74, 6) is 0.309. The summed E-state index contributed by atoms with van der Waals surface area (Å²) < 4.78 is 5.44. The lowest BCUT2D eigenvalue weighted by Crippen LogP contribution is -2.53. The molecule has 1 atom stereocenters. The van der Waals surface area contributed by atoms with Crippen LogP contribution in [0.3, 0.4) is 0 Å². The monoisotopic (exact) mass is 359 g/mol. The van der Waals surface area contributed by atoms with E-state index in [0.29, 0.717) is 19.6 Å². The number of hydrogen-bond donors (Lipinski definition) is 0. The van der Waals surface area contributed by atoms with Gasteiger partial charge in [0.1, 0.15) is 6.10 Å². The SMILES string of the molecule is CCO[C@@H](C)C(=O)N1CCC2(CCC(=O)N(Cc3cccnc3)C2)CC1. The number of nitrogens with zero attached hydrogens (tertiary/aromatic N) is 3. The molecule has 2 aliphatic heterocycles. The van der Waals surface area contributed by atoms with Crippen molar-refractivity contribution in [3.8, 4) is 0 Å². The highest BCUT2D eigenvalue weighted by Gasteiger charge is 2.42. The molecule has 1 aromatic heterocycles. The third-order valence-corrected chi connectivity index (χ3v) is 5.74. The molecule has 3 heterocycles. The molecule has 6 nitrogen and oxygen atoms in total. The van der Waals surface area contributed by atoms with Crippen LogP contribution in [0.4, 0.5) is 0 Å². The van der Waals surface area contributed by atoms with E-state index in [1.54, 1.807) is 6.20 Å². The van der Waals surface area contributed by atoms with Crippen molar-refractivity contribution in [3.05, 3.63) is 30.1 Å². The lowest BCUT2D eigenvalue weighted by atomic mass is 9.72. The molecule has 1 spiro atoms. The van der Waals surface area contributed by atoms with Crippen molar-refractivity contribution in [3.63, 3.8) is 0 Å². The van der Waals surface area contributed by atoms with Crippen LogP contribution in [0.25, 0.3) is 0 Å². The molecule has 0 bridgehead atoms. The summed E-state index contributed by atoms with van der Waals surface area (Å²) in [6, 6.07) is 3.92. The number of aromatic nitrogens is 1. The van der Waals surface area contributed by atoms with E-state index in [4.69, 9.17) is 4.74 Å². The summed E-state index contributed by atoms with van der Waals surface area (Å²) in [7, 11) is 0. The third kappa shape index (κ3) is 4.23. The van der Waals surface area contributed by atoms with E-state index in [-0.39, 0.29) is 23.3 Å². The first-order valence-corrected chi connectivity index (χ1v) is 9.60. The minimum absolute atomic E-state index is 0.0841. The van der Waals surface area contributed by atoms with Gasteiger partial charge in [0.15, 0.2) is 0 Å². The topological polar surface area (TPSA) is 62.7 Å². The number of likely N-dealkylation sites (tertiary alicyclic amines) is 2. The number of amides is 2. The Morgan fingerprint density at radius 1 is 1.35 bits per heavy atom. The maximum Gasteiger partial charge on any atom is 0.251 e. The fourth-order valence-electron chi connectivity index (χ4n) is 4.15. The Labute approximate surface area is 155 Å². The average molecular weight is 359 g/mol. The normalized spacial score (nSPS) is 21.1. The van der Waals surface area contributed by atoms with Gasteiger partial charge in [0.25, 0.3) is 5.91 Å². The van der Waals surface area contributed by atoms with Gasteiger partial charge in [0, 0.05) is 51.6 Å². The van der Waals surface area contributed by atoms with Crippen molar-refractivity contribution in [2.75, 3.05) is 26.2 Å². The minimum Gasteiger partial charge on any atom is -0.369 e. The molecule has 2 amide bonds. The molecular weight excluding hydrogens is 330 g/mol. The van der Waals surface area contributed by atoms with Gasteiger partial charge in [-0.25, -0.2) is 0 Å². The van der Waals surface area contributed by atoms with Crippen molar-refractivity contribution in [1.82, 2.24) is 14.8 Å². The summed E-state index contributed by atoms with van der Waals surface area (Å²) in [6.45, 7) is 7.20. The predicted octanol–water partition coefficient (Wildman–Crippen LogP) is 2.24. The minimum atomic E-state index is -0.371.